The lowest BCUT2D eigenvalue weighted by Gasteiger charge is -2.33. The number of amides is 2. The summed E-state index contributed by atoms with van der Waals surface area (Å²) in [7, 11) is 1.57. The Morgan fingerprint density at radius 2 is 1.84 bits per heavy atom. The lowest BCUT2D eigenvalue weighted by atomic mass is 9.95. The molecule has 2 aromatic carbocycles. The number of nitrogens with zero attached hydrogens (tertiary/aromatic N) is 2. The Balaban J connectivity index is 1.47. The maximum atomic E-state index is 13.5. The maximum Gasteiger partial charge on any atom is 0.309 e. The van der Waals surface area contributed by atoms with E-state index in [1.165, 1.54) is 0 Å². The van der Waals surface area contributed by atoms with E-state index in [1.54, 1.807) is 31.1 Å². The van der Waals surface area contributed by atoms with Gasteiger partial charge in [-0.3, -0.25) is 14.4 Å². The number of piperidine rings is 1. The van der Waals surface area contributed by atoms with Crippen LogP contribution in [0.1, 0.15) is 35.8 Å². The van der Waals surface area contributed by atoms with E-state index in [0.717, 1.165) is 5.56 Å². The van der Waals surface area contributed by atoms with Crippen LogP contribution in [0, 0.1) is 5.92 Å². The highest BCUT2D eigenvalue weighted by molar-refractivity contribution is 5.96. The van der Waals surface area contributed by atoms with Gasteiger partial charge < -0.3 is 24.2 Å². The topological polar surface area (TPSA) is 111 Å². The van der Waals surface area contributed by atoms with Crippen molar-refractivity contribution < 1.29 is 28.4 Å². The molecule has 1 aliphatic heterocycles. The van der Waals surface area contributed by atoms with Crippen LogP contribution < -0.4 is 10.1 Å². The molecule has 3 aromatic rings. The maximum absolute atomic E-state index is 13.5. The van der Waals surface area contributed by atoms with Crippen LogP contribution in [0.25, 0.3) is 11.3 Å². The zero-order valence-electron chi connectivity index (χ0n) is 21.0. The van der Waals surface area contributed by atoms with Crippen LogP contribution in [0.15, 0.2) is 65.2 Å². The fraction of sp³-hybridized carbons (Fsp3) is 0.357. The molecule has 0 unspecified atom stereocenters. The van der Waals surface area contributed by atoms with E-state index in [0.29, 0.717) is 56.0 Å². The summed E-state index contributed by atoms with van der Waals surface area (Å²) in [6, 6.07) is 17.5. The van der Waals surface area contributed by atoms with Gasteiger partial charge in [0, 0.05) is 31.1 Å². The van der Waals surface area contributed by atoms with Crippen molar-refractivity contribution in [2.75, 3.05) is 26.8 Å². The first kappa shape index (κ1) is 25.9. The molecule has 1 aliphatic rings. The monoisotopic (exact) mass is 505 g/mol. The number of nitrogens with one attached hydrogen (secondary N) is 1. The summed E-state index contributed by atoms with van der Waals surface area (Å²) >= 11 is 0. The molecule has 1 saturated heterocycles. The van der Waals surface area contributed by atoms with Gasteiger partial charge in [-0.15, -0.1) is 0 Å². The standard InChI is InChI=1S/C28H31N3O6/c1-3-36-28(34)20-12-14-31(15-13-20)27(33)24(16-19-8-5-4-6-9-19)29-26(32)23-18-25(37-30-23)21-10-7-11-22(17-21)35-2/h4-11,17-18,20,24H,3,12-16H2,1-2H3,(H,29,32)/t24-/m1/s1. The van der Waals surface area contributed by atoms with Crippen LogP contribution in [0.4, 0.5) is 0 Å². The van der Waals surface area contributed by atoms with Crippen LogP contribution in [-0.2, 0) is 20.7 Å². The first-order valence-electron chi connectivity index (χ1n) is 12.4. The lowest BCUT2D eigenvalue weighted by Crippen LogP contribution is -2.52. The molecule has 9 nitrogen and oxygen atoms in total. The highest BCUT2D eigenvalue weighted by Gasteiger charge is 2.32. The van der Waals surface area contributed by atoms with Gasteiger partial charge in [0.15, 0.2) is 11.5 Å². The minimum atomic E-state index is -0.800. The Morgan fingerprint density at radius 1 is 1.08 bits per heavy atom. The SMILES string of the molecule is CCOC(=O)C1CCN(C(=O)[C@@H](Cc2ccccc2)NC(=O)c2cc(-c3cccc(OC)c3)on2)CC1. The predicted octanol–water partition coefficient (Wildman–Crippen LogP) is 3.49. The quantitative estimate of drug-likeness (QED) is 0.443. The number of methoxy groups -OCH3 is 1. The largest absolute Gasteiger partial charge is 0.497 e. The molecule has 37 heavy (non-hydrogen) atoms. The summed E-state index contributed by atoms with van der Waals surface area (Å²) in [6.45, 7) is 2.97. The van der Waals surface area contributed by atoms with Crippen LogP contribution in [0.2, 0.25) is 0 Å². The Bertz CT molecular complexity index is 1220. The van der Waals surface area contributed by atoms with Crippen molar-refractivity contribution in [3.05, 3.63) is 71.9 Å². The number of benzene rings is 2. The second kappa shape index (κ2) is 12.2. The number of likely N-dealkylation sites (tertiary alicyclic amines) is 1. The molecule has 9 heteroatoms. The molecule has 0 aliphatic carbocycles. The second-order valence-electron chi connectivity index (χ2n) is 8.88. The van der Waals surface area contributed by atoms with Crippen molar-refractivity contribution in [2.24, 2.45) is 5.92 Å². The third-order valence-corrected chi connectivity index (χ3v) is 6.41. The fourth-order valence-electron chi connectivity index (χ4n) is 4.39. The van der Waals surface area contributed by atoms with Gasteiger partial charge >= 0.3 is 5.97 Å². The number of hydrogen-bond acceptors (Lipinski definition) is 7. The number of aromatic nitrogens is 1. The van der Waals surface area contributed by atoms with E-state index in [1.807, 2.05) is 48.5 Å². The molecule has 0 saturated carbocycles. The first-order chi connectivity index (χ1) is 18.0. The zero-order chi connectivity index (χ0) is 26.2. The number of hydrogen-bond donors (Lipinski definition) is 1. The van der Waals surface area contributed by atoms with E-state index in [-0.39, 0.29) is 23.5 Å². The van der Waals surface area contributed by atoms with Gasteiger partial charge in [0.25, 0.3) is 5.91 Å². The Labute approximate surface area is 215 Å². The highest BCUT2D eigenvalue weighted by Crippen LogP contribution is 2.25. The molecule has 1 fully saturated rings. The molecule has 2 heterocycles. The number of carbonyl (C=O) groups excluding carboxylic acids is 3. The van der Waals surface area contributed by atoms with Crippen LogP contribution in [0.5, 0.6) is 5.75 Å². The number of esters is 1. The Kier molecular flexibility index (Phi) is 8.56. The van der Waals surface area contributed by atoms with Gasteiger partial charge in [-0.1, -0.05) is 47.6 Å². The molecular weight excluding hydrogens is 474 g/mol. The molecule has 2 amide bonds. The van der Waals surface area contributed by atoms with Crippen molar-refractivity contribution in [1.29, 1.82) is 0 Å². The van der Waals surface area contributed by atoms with E-state index in [9.17, 15) is 14.4 Å². The van der Waals surface area contributed by atoms with Crippen LogP contribution >= 0.6 is 0 Å². The molecule has 0 spiro atoms. The van der Waals surface area contributed by atoms with Gasteiger partial charge in [0.1, 0.15) is 11.8 Å². The van der Waals surface area contributed by atoms with Crippen molar-refractivity contribution in [1.82, 2.24) is 15.4 Å². The summed E-state index contributed by atoms with van der Waals surface area (Å²) in [5.41, 5.74) is 1.71. The van der Waals surface area contributed by atoms with E-state index >= 15 is 0 Å². The normalized spacial score (nSPS) is 14.6. The Morgan fingerprint density at radius 3 is 2.54 bits per heavy atom. The van der Waals surface area contributed by atoms with Gasteiger partial charge in [-0.2, -0.15) is 0 Å². The van der Waals surface area contributed by atoms with E-state index in [4.69, 9.17) is 14.0 Å². The van der Waals surface area contributed by atoms with Gasteiger partial charge in [0.2, 0.25) is 5.91 Å². The zero-order valence-corrected chi connectivity index (χ0v) is 21.0. The lowest BCUT2D eigenvalue weighted by molar-refractivity contribution is -0.151. The molecule has 0 radical (unpaired) electrons. The third-order valence-electron chi connectivity index (χ3n) is 6.41. The van der Waals surface area contributed by atoms with E-state index < -0.39 is 11.9 Å². The third kappa shape index (κ3) is 6.55. The number of rotatable bonds is 9. The summed E-state index contributed by atoms with van der Waals surface area (Å²) in [5.74, 6) is -0.0706. The average Bonchev–Trinajstić information content (AvgIpc) is 3.44. The first-order valence-corrected chi connectivity index (χ1v) is 12.4. The summed E-state index contributed by atoms with van der Waals surface area (Å²) in [5, 5.41) is 6.77. The van der Waals surface area contributed by atoms with Crippen LogP contribution in [0.3, 0.4) is 0 Å². The number of carbonyl (C=O) groups is 3. The van der Waals surface area contributed by atoms with Crippen LogP contribution in [-0.4, -0.2) is 60.7 Å². The molecule has 4 rings (SSSR count). The summed E-state index contributed by atoms with van der Waals surface area (Å²) in [6.07, 6.45) is 1.39. The molecule has 1 aromatic heterocycles. The van der Waals surface area contributed by atoms with Crippen molar-refractivity contribution in [3.8, 4) is 17.1 Å². The molecule has 1 N–H and O–H groups in total. The molecular formula is C28H31N3O6. The molecule has 194 valence electrons. The molecule has 0 bridgehead atoms. The van der Waals surface area contributed by atoms with Crippen molar-refractivity contribution in [2.45, 2.75) is 32.2 Å². The van der Waals surface area contributed by atoms with Crippen molar-refractivity contribution in [3.63, 3.8) is 0 Å². The smallest absolute Gasteiger partial charge is 0.309 e. The Hall–Kier alpha value is -4.14. The summed E-state index contributed by atoms with van der Waals surface area (Å²) in [4.78, 5) is 40.4. The van der Waals surface area contributed by atoms with E-state index in [2.05, 4.69) is 10.5 Å². The minimum Gasteiger partial charge on any atom is -0.497 e. The number of ether oxygens (including phenoxy) is 2. The van der Waals surface area contributed by atoms with Gasteiger partial charge in [0.05, 0.1) is 19.6 Å². The molecule has 1 atom stereocenters. The fourth-order valence-corrected chi connectivity index (χ4v) is 4.39. The van der Waals surface area contributed by atoms with Gasteiger partial charge in [-0.25, -0.2) is 0 Å². The summed E-state index contributed by atoms with van der Waals surface area (Å²) < 4.78 is 15.8. The second-order valence-corrected chi connectivity index (χ2v) is 8.88. The van der Waals surface area contributed by atoms with Crippen molar-refractivity contribution >= 4 is 17.8 Å². The minimum absolute atomic E-state index is 0.0738. The average molecular weight is 506 g/mol. The highest BCUT2D eigenvalue weighted by atomic mass is 16.5. The predicted molar refractivity (Wildman–Crippen MR) is 136 cm³/mol. The van der Waals surface area contributed by atoms with Gasteiger partial charge in [-0.05, 0) is 37.5 Å².